The molecule has 0 aliphatic rings. The number of hydrogen-bond acceptors (Lipinski definition) is 4. The third-order valence-electron chi connectivity index (χ3n) is 2.07. The minimum atomic E-state index is 0.0645. The number of rotatable bonds is 5. The molecule has 0 aliphatic carbocycles. The minimum Gasteiger partial charge on any atom is -0.368 e. The summed E-state index contributed by atoms with van der Waals surface area (Å²) in [4.78, 5) is 14.8. The molecule has 0 aromatic carbocycles. The highest BCUT2D eigenvalue weighted by Gasteiger charge is 2.08. The molecule has 0 bridgehead atoms. The van der Waals surface area contributed by atoms with Crippen LogP contribution in [0.4, 0.5) is 0 Å². The Kier molecular flexibility index (Phi) is 3.88. The summed E-state index contributed by atoms with van der Waals surface area (Å²) < 4.78 is 5.37. The first-order valence-corrected chi connectivity index (χ1v) is 6.65. The predicted octanol–water partition coefficient (Wildman–Crippen LogP) is 3.52. The van der Waals surface area contributed by atoms with Crippen LogP contribution in [0.1, 0.15) is 19.4 Å². The van der Waals surface area contributed by atoms with Crippen molar-refractivity contribution in [3.05, 3.63) is 44.3 Å². The van der Waals surface area contributed by atoms with E-state index in [1.807, 2.05) is 36.6 Å². The maximum absolute atomic E-state index is 11.7. The molecule has 0 radical (unpaired) electrons. The van der Waals surface area contributed by atoms with Gasteiger partial charge in [-0.3, -0.25) is 4.79 Å². The van der Waals surface area contributed by atoms with E-state index in [1.165, 1.54) is 11.3 Å². The second-order valence-corrected chi connectivity index (χ2v) is 5.73. The molecule has 0 N–H and O–H groups in total. The van der Waals surface area contributed by atoms with Gasteiger partial charge in [-0.2, -0.15) is 0 Å². The lowest BCUT2D eigenvalue weighted by Crippen LogP contribution is -2.06. The number of aryl methyl sites for hydroxylation is 1. The predicted molar refractivity (Wildman–Crippen MR) is 67.4 cm³/mol. The molecule has 0 aliphatic heterocycles. The van der Waals surface area contributed by atoms with Crippen molar-refractivity contribution in [3.8, 4) is 0 Å². The largest absolute Gasteiger partial charge is 0.368 e. The van der Waals surface area contributed by atoms with Gasteiger partial charge in [0.25, 0.3) is 0 Å². The zero-order valence-corrected chi connectivity index (χ0v) is 10.6. The molecule has 0 spiro atoms. The Bertz CT molecular complexity index is 457. The van der Waals surface area contributed by atoms with Crippen molar-refractivity contribution in [3.63, 3.8) is 0 Å². The molecule has 2 heterocycles. The van der Waals surface area contributed by atoms with Crippen molar-refractivity contribution in [2.24, 2.45) is 0 Å². The molecule has 2 nitrogen and oxygen atoms in total. The van der Waals surface area contributed by atoms with E-state index in [0.29, 0.717) is 6.61 Å². The van der Waals surface area contributed by atoms with Gasteiger partial charge >= 0.3 is 0 Å². The number of Topliss-reactive ketones (excluding diaryl/α,β-unsaturated/α-hetero) is 1. The van der Waals surface area contributed by atoms with Gasteiger partial charge < -0.3 is 4.74 Å². The molecule has 16 heavy (non-hydrogen) atoms. The van der Waals surface area contributed by atoms with Crippen molar-refractivity contribution >= 4 is 28.5 Å². The molecule has 0 saturated carbocycles. The fraction of sp³-hybridized carbons (Fsp3) is 0.250. The second-order valence-electron chi connectivity index (χ2n) is 3.41. The summed E-state index contributed by atoms with van der Waals surface area (Å²) in [5, 5.41) is 2.00. The number of carbonyl (C=O) groups excluding carboxylic acids is 1. The molecule has 2 aromatic heterocycles. The van der Waals surface area contributed by atoms with Crippen LogP contribution in [0.15, 0.2) is 29.6 Å². The molecule has 0 fully saturated rings. The number of hydrogen-bond donors (Lipinski definition) is 0. The molecule has 0 saturated heterocycles. The molecule has 2 aromatic rings. The normalized spacial score (nSPS) is 10.6. The molecule has 0 unspecified atom stereocenters. The molecule has 4 heteroatoms. The van der Waals surface area contributed by atoms with Crippen molar-refractivity contribution in [1.29, 1.82) is 0 Å². The average molecular weight is 252 g/mol. The first-order chi connectivity index (χ1) is 7.75. The monoisotopic (exact) mass is 252 g/mol. The standard InChI is InChI=1S/C12H12O2S2/c1-9-4-5-12(16-9)11(13)8-14-7-10-3-2-6-15-10/h2-6H,7-8H2,1H3. The lowest BCUT2D eigenvalue weighted by atomic mass is 10.3. The van der Waals surface area contributed by atoms with Crippen molar-refractivity contribution in [1.82, 2.24) is 0 Å². The Morgan fingerprint density at radius 1 is 1.38 bits per heavy atom. The third kappa shape index (κ3) is 3.01. The van der Waals surface area contributed by atoms with Gasteiger partial charge in [0, 0.05) is 9.75 Å². The van der Waals surface area contributed by atoms with Gasteiger partial charge in [-0.1, -0.05) is 6.07 Å². The highest BCUT2D eigenvalue weighted by atomic mass is 32.1. The fourth-order valence-corrected chi connectivity index (χ4v) is 2.73. The Labute approximate surface area is 103 Å². The highest BCUT2D eigenvalue weighted by Crippen LogP contribution is 2.16. The third-order valence-corrected chi connectivity index (χ3v) is 3.96. The zero-order valence-electron chi connectivity index (χ0n) is 8.93. The highest BCUT2D eigenvalue weighted by molar-refractivity contribution is 7.14. The number of ketones is 1. The van der Waals surface area contributed by atoms with E-state index >= 15 is 0 Å². The van der Waals surface area contributed by atoms with Gasteiger partial charge in [0.1, 0.15) is 6.61 Å². The summed E-state index contributed by atoms with van der Waals surface area (Å²) in [6.07, 6.45) is 0. The maximum Gasteiger partial charge on any atom is 0.198 e. The summed E-state index contributed by atoms with van der Waals surface area (Å²) in [5.74, 6) is 0.0645. The van der Waals surface area contributed by atoms with E-state index in [0.717, 1.165) is 14.6 Å². The van der Waals surface area contributed by atoms with E-state index in [2.05, 4.69) is 0 Å². The van der Waals surface area contributed by atoms with E-state index < -0.39 is 0 Å². The van der Waals surface area contributed by atoms with Gasteiger partial charge in [0.15, 0.2) is 5.78 Å². The SMILES string of the molecule is Cc1ccc(C(=O)COCc2cccs2)s1. The second kappa shape index (κ2) is 5.39. The Morgan fingerprint density at radius 2 is 2.25 bits per heavy atom. The summed E-state index contributed by atoms with van der Waals surface area (Å²) in [5.41, 5.74) is 0. The number of thiophene rings is 2. The van der Waals surface area contributed by atoms with Crippen molar-refractivity contribution in [2.45, 2.75) is 13.5 Å². The summed E-state index contributed by atoms with van der Waals surface area (Å²) in [6.45, 7) is 2.68. The summed E-state index contributed by atoms with van der Waals surface area (Å²) in [6, 6.07) is 7.80. The first kappa shape index (κ1) is 11.5. The van der Waals surface area contributed by atoms with Gasteiger partial charge in [0.05, 0.1) is 11.5 Å². The first-order valence-electron chi connectivity index (χ1n) is 4.95. The molecular weight excluding hydrogens is 240 g/mol. The van der Waals surface area contributed by atoms with Crippen LogP contribution in [-0.2, 0) is 11.3 Å². The quantitative estimate of drug-likeness (QED) is 0.761. The van der Waals surface area contributed by atoms with Crippen LogP contribution in [0.3, 0.4) is 0 Å². The van der Waals surface area contributed by atoms with E-state index in [9.17, 15) is 4.79 Å². The lowest BCUT2D eigenvalue weighted by molar-refractivity contribution is 0.0735. The van der Waals surface area contributed by atoms with E-state index in [-0.39, 0.29) is 12.4 Å². The fourth-order valence-electron chi connectivity index (χ4n) is 1.29. The zero-order chi connectivity index (χ0) is 11.4. The van der Waals surface area contributed by atoms with Crippen molar-refractivity contribution in [2.75, 3.05) is 6.61 Å². The smallest absolute Gasteiger partial charge is 0.198 e. The van der Waals surface area contributed by atoms with Crippen LogP contribution in [0.5, 0.6) is 0 Å². The van der Waals surface area contributed by atoms with Crippen LogP contribution < -0.4 is 0 Å². The Morgan fingerprint density at radius 3 is 2.88 bits per heavy atom. The number of ether oxygens (including phenoxy) is 1. The lowest BCUT2D eigenvalue weighted by Gasteiger charge is -2.00. The van der Waals surface area contributed by atoms with Crippen LogP contribution in [0.2, 0.25) is 0 Å². The minimum absolute atomic E-state index is 0.0645. The maximum atomic E-state index is 11.7. The molecular formula is C12H12O2S2. The van der Waals surface area contributed by atoms with Gasteiger partial charge in [0.2, 0.25) is 0 Å². The van der Waals surface area contributed by atoms with Crippen LogP contribution in [-0.4, -0.2) is 12.4 Å². The molecule has 0 amide bonds. The van der Waals surface area contributed by atoms with Crippen LogP contribution in [0.25, 0.3) is 0 Å². The molecule has 2 rings (SSSR count). The van der Waals surface area contributed by atoms with Crippen LogP contribution in [0, 0.1) is 6.92 Å². The van der Waals surface area contributed by atoms with E-state index in [1.54, 1.807) is 11.3 Å². The average Bonchev–Trinajstić information content (AvgIpc) is 2.89. The van der Waals surface area contributed by atoms with Crippen molar-refractivity contribution < 1.29 is 9.53 Å². The topological polar surface area (TPSA) is 26.3 Å². The molecule has 84 valence electrons. The number of carbonyl (C=O) groups is 1. The van der Waals surface area contributed by atoms with E-state index in [4.69, 9.17) is 4.74 Å². The summed E-state index contributed by atoms with van der Waals surface area (Å²) in [7, 11) is 0. The van der Waals surface area contributed by atoms with Gasteiger partial charge in [-0.05, 0) is 30.5 Å². The van der Waals surface area contributed by atoms with Gasteiger partial charge in [-0.25, -0.2) is 0 Å². The Balaban J connectivity index is 1.80. The molecule has 0 atom stereocenters. The Hall–Kier alpha value is -0.970. The van der Waals surface area contributed by atoms with Crippen LogP contribution >= 0.6 is 22.7 Å². The van der Waals surface area contributed by atoms with Gasteiger partial charge in [-0.15, -0.1) is 22.7 Å². The summed E-state index contributed by atoms with van der Waals surface area (Å²) >= 11 is 3.16.